The van der Waals surface area contributed by atoms with E-state index < -0.39 is 5.97 Å². The van der Waals surface area contributed by atoms with Crippen LogP contribution >= 0.6 is 11.6 Å². The number of nitrogens with one attached hydrogen (secondary N) is 2. The van der Waals surface area contributed by atoms with Crippen LogP contribution in [-0.2, 0) is 16.0 Å². The van der Waals surface area contributed by atoms with Crippen molar-refractivity contribution in [3.8, 4) is 5.69 Å². The highest BCUT2D eigenvalue weighted by molar-refractivity contribution is 6.31. The number of rotatable bonds is 6. The van der Waals surface area contributed by atoms with E-state index in [2.05, 4.69) is 10.3 Å². The van der Waals surface area contributed by atoms with Crippen LogP contribution in [0.2, 0.25) is 5.02 Å². The molecule has 0 aliphatic heterocycles. The van der Waals surface area contributed by atoms with Crippen molar-refractivity contribution in [2.45, 2.75) is 20.3 Å². The first-order chi connectivity index (χ1) is 13.8. The molecular weight excluding hydrogens is 394 g/mol. The molecule has 8 heteroatoms. The van der Waals surface area contributed by atoms with Crippen molar-refractivity contribution < 1.29 is 19.1 Å². The van der Waals surface area contributed by atoms with Gasteiger partial charge in [-0.25, -0.2) is 4.79 Å². The minimum absolute atomic E-state index is 0.133. The summed E-state index contributed by atoms with van der Waals surface area (Å²) in [6.45, 7) is 3.03. The van der Waals surface area contributed by atoms with Crippen molar-refractivity contribution in [3.05, 3.63) is 70.3 Å². The van der Waals surface area contributed by atoms with Gasteiger partial charge in [-0.1, -0.05) is 11.6 Å². The number of hydrogen-bond acceptors (Lipinski definition) is 4. The number of carbonyl (C=O) groups excluding carboxylic acids is 3. The second-order valence-electron chi connectivity index (χ2n) is 6.50. The monoisotopic (exact) mass is 413 g/mol. The lowest BCUT2D eigenvalue weighted by molar-refractivity contribution is -0.115. The fraction of sp³-hybridized carbons (Fsp3) is 0.190. The average molecular weight is 414 g/mol. The number of ketones is 1. The maximum absolute atomic E-state index is 12.7. The van der Waals surface area contributed by atoms with Gasteiger partial charge in [0.05, 0.1) is 36.2 Å². The molecule has 2 heterocycles. The number of aromatic amines is 1. The number of hydrogen-bond donors (Lipinski definition) is 2. The first kappa shape index (κ1) is 20.4. The fourth-order valence-corrected chi connectivity index (χ4v) is 3.36. The van der Waals surface area contributed by atoms with E-state index in [9.17, 15) is 14.4 Å². The molecule has 7 nitrogen and oxygen atoms in total. The molecule has 0 unspecified atom stereocenters. The number of esters is 1. The summed E-state index contributed by atoms with van der Waals surface area (Å²) in [5.74, 6) is -1.19. The first-order valence-electron chi connectivity index (χ1n) is 8.85. The molecule has 29 heavy (non-hydrogen) atoms. The third-order valence-corrected chi connectivity index (χ3v) is 4.76. The minimum Gasteiger partial charge on any atom is -0.465 e. The SMILES string of the molecule is COC(=O)c1c(CC(=O)Nc2ccc(Cl)cc2-n2cccc2)[nH]c(C(C)=O)c1C. The number of carbonyl (C=O) groups is 3. The van der Waals surface area contributed by atoms with Crippen molar-refractivity contribution >= 4 is 34.9 Å². The van der Waals surface area contributed by atoms with Crippen molar-refractivity contribution in [1.82, 2.24) is 9.55 Å². The van der Waals surface area contributed by atoms with Crippen LogP contribution < -0.4 is 5.32 Å². The molecule has 0 aliphatic carbocycles. The maximum Gasteiger partial charge on any atom is 0.339 e. The summed E-state index contributed by atoms with van der Waals surface area (Å²) in [4.78, 5) is 39.6. The zero-order chi connectivity index (χ0) is 21.1. The first-order valence-corrected chi connectivity index (χ1v) is 9.23. The summed E-state index contributed by atoms with van der Waals surface area (Å²) in [5, 5.41) is 3.37. The zero-order valence-electron chi connectivity index (χ0n) is 16.2. The van der Waals surface area contributed by atoms with E-state index >= 15 is 0 Å². The van der Waals surface area contributed by atoms with Crippen LogP contribution in [0.1, 0.15) is 39.0 Å². The molecule has 0 atom stereocenters. The molecule has 3 rings (SSSR count). The highest BCUT2D eigenvalue weighted by Gasteiger charge is 2.24. The predicted octanol–water partition coefficient (Wildman–Crippen LogP) is 3.94. The summed E-state index contributed by atoms with van der Waals surface area (Å²) in [5.41, 5.74) is 2.55. The van der Waals surface area contributed by atoms with Gasteiger partial charge in [0.15, 0.2) is 5.78 Å². The Morgan fingerprint density at radius 1 is 1.21 bits per heavy atom. The second-order valence-corrected chi connectivity index (χ2v) is 6.94. The number of methoxy groups -OCH3 is 1. The van der Waals surface area contributed by atoms with Gasteiger partial charge in [0.2, 0.25) is 5.91 Å². The Balaban J connectivity index is 1.90. The van der Waals surface area contributed by atoms with E-state index in [0.717, 1.165) is 0 Å². The van der Waals surface area contributed by atoms with Crippen LogP contribution in [0.3, 0.4) is 0 Å². The summed E-state index contributed by atoms with van der Waals surface area (Å²) >= 11 is 6.11. The smallest absolute Gasteiger partial charge is 0.339 e. The Hall–Kier alpha value is -3.32. The van der Waals surface area contributed by atoms with Gasteiger partial charge in [-0.15, -0.1) is 0 Å². The van der Waals surface area contributed by atoms with E-state index in [4.69, 9.17) is 16.3 Å². The fourth-order valence-electron chi connectivity index (χ4n) is 3.20. The third kappa shape index (κ3) is 4.25. The highest BCUT2D eigenvalue weighted by Crippen LogP contribution is 2.26. The van der Waals surface area contributed by atoms with Crippen molar-refractivity contribution in [3.63, 3.8) is 0 Å². The molecule has 2 N–H and O–H groups in total. The molecule has 1 aromatic carbocycles. The Kier molecular flexibility index (Phi) is 5.89. The van der Waals surface area contributed by atoms with Gasteiger partial charge in [0, 0.05) is 30.0 Å². The molecule has 0 saturated heterocycles. The van der Waals surface area contributed by atoms with Crippen LogP contribution in [-0.4, -0.2) is 34.3 Å². The Labute approximate surface area is 172 Å². The van der Waals surface area contributed by atoms with E-state index in [1.165, 1.54) is 14.0 Å². The standard InChI is InChI=1S/C21H20ClN3O4/c1-12-19(21(28)29-3)16(24-20(12)13(2)26)11-18(27)23-15-7-6-14(22)10-17(15)25-8-4-5-9-25/h4-10,24H,11H2,1-3H3,(H,23,27). The molecule has 1 amide bonds. The van der Waals surface area contributed by atoms with Crippen LogP contribution in [0.15, 0.2) is 42.7 Å². The van der Waals surface area contributed by atoms with Crippen LogP contribution in [0.25, 0.3) is 5.69 Å². The molecule has 0 fully saturated rings. The molecule has 0 bridgehead atoms. The number of anilines is 1. The molecule has 150 valence electrons. The summed E-state index contributed by atoms with van der Waals surface area (Å²) < 4.78 is 6.64. The Morgan fingerprint density at radius 3 is 2.52 bits per heavy atom. The molecular formula is C21H20ClN3O4. The molecule has 0 radical (unpaired) electrons. The van der Waals surface area contributed by atoms with Crippen molar-refractivity contribution in [2.24, 2.45) is 0 Å². The highest BCUT2D eigenvalue weighted by atomic mass is 35.5. The normalized spacial score (nSPS) is 10.6. The van der Waals surface area contributed by atoms with Gasteiger partial charge in [-0.2, -0.15) is 0 Å². The van der Waals surface area contributed by atoms with Gasteiger partial charge >= 0.3 is 5.97 Å². The quantitative estimate of drug-likeness (QED) is 0.473. The number of nitrogens with zero attached hydrogens (tertiary/aromatic N) is 1. The largest absolute Gasteiger partial charge is 0.465 e. The molecule has 0 spiro atoms. The van der Waals surface area contributed by atoms with Gasteiger partial charge in [-0.3, -0.25) is 9.59 Å². The molecule has 0 saturated carbocycles. The number of amides is 1. The number of halogens is 1. The average Bonchev–Trinajstić information content (AvgIpc) is 3.31. The summed E-state index contributed by atoms with van der Waals surface area (Å²) in [7, 11) is 1.25. The predicted molar refractivity (Wildman–Crippen MR) is 110 cm³/mol. The topological polar surface area (TPSA) is 93.2 Å². The lowest BCUT2D eigenvalue weighted by atomic mass is 10.1. The van der Waals surface area contributed by atoms with Crippen molar-refractivity contribution in [2.75, 3.05) is 12.4 Å². The molecule has 0 aliphatic rings. The van der Waals surface area contributed by atoms with E-state index in [-0.39, 0.29) is 29.4 Å². The number of benzene rings is 1. The van der Waals surface area contributed by atoms with E-state index in [0.29, 0.717) is 27.7 Å². The number of H-pyrrole nitrogens is 1. The lowest BCUT2D eigenvalue weighted by Gasteiger charge is -2.13. The number of Topliss-reactive ketones (excluding diaryl/α,β-unsaturated/α-hetero) is 1. The second kappa shape index (κ2) is 8.36. The summed E-state index contributed by atoms with van der Waals surface area (Å²) in [6.07, 6.45) is 3.54. The van der Waals surface area contributed by atoms with Crippen molar-refractivity contribution in [1.29, 1.82) is 0 Å². The van der Waals surface area contributed by atoms with Gasteiger partial charge in [-0.05, 0) is 42.8 Å². The molecule has 3 aromatic rings. The van der Waals surface area contributed by atoms with Crippen LogP contribution in [0, 0.1) is 6.92 Å². The molecule has 2 aromatic heterocycles. The van der Waals surface area contributed by atoms with Gasteiger partial charge in [0.25, 0.3) is 0 Å². The van der Waals surface area contributed by atoms with Gasteiger partial charge < -0.3 is 19.6 Å². The Morgan fingerprint density at radius 2 is 1.90 bits per heavy atom. The third-order valence-electron chi connectivity index (χ3n) is 4.52. The lowest BCUT2D eigenvalue weighted by Crippen LogP contribution is -2.18. The van der Waals surface area contributed by atoms with E-state index in [1.54, 1.807) is 25.1 Å². The van der Waals surface area contributed by atoms with Gasteiger partial charge in [0.1, 0.15) is 0 Å². The zero-order valence-corrected chi connectivity index (χ0v) is 17.0. The number of ether oxygens (including phenoxy) is 1. The Bertz CT molecular complexity index is 1080. The number of aromatic nitrogens is 2. The van der Waals surface area contributed by atoms with E-state index in [1.807, 2.05) is 29.1 Å². The van der Waals surface area contributed by atoms with Crippen LogP contribution in [0.5, 0.6) is 0 Å². The summed E-state index contributed by atoms with van der Waals surface area (Å²) in [6, 6.07) is 8.85. The minimum atomic E-state index is -0.603. The van der Waals surface area contributed by atoms with Crippen LogP contribution in [0.4, 0.5) is 5.69 Å². The maximum atomic E-state index is 12.7.